The first-order valence-corrected chi connectivity index (χ1v) is 7.12. The van der Waals surface area contributed by atoms with E-state index in [-0.39, 0.29) is 5.91 Å². The van der Waals surface area contributed by atoms with Crippen LogP contribution in [-0.2, 0) is 18.1 Å². The lowest BCUT2D eigenvalue weighted by Crippen LogP contribution is -2.32. The minimum absolute atomic E-state index is 0.0562. The summed E-state index contributed by atoms with van der Waals surface area (Å²) in [6.45, 7) is 1.17. The number of aliphatic imine (C=N–C) groups is 1. The predicted molar refractivity (Wildman–Crippen MR) is 80.0 cm³/mol. The van der Waals surface area contributed by atoms with Crippen molar-refractivity contribution in [2.45, 2.75) is 13.3 Å². The van der Waals surface area contributed by atoms with E-state index in [1.807, 2.05) is 17.2 Å². The van der Waals surface area contributed by atoms with E-state index in [0.717, 1.165) is 11.3 Å². The number of imidazole rings is 1. The number of nitrogens with one attached hydrogen (secondary N) is 1. The van der Waals surface area contributed by atoms with Crippen LogP contribution in [0.25, 0.3) is 0 Å². The number of carbonyl (C=O) groups excluding carboxylic acids is 1. The summed E-state index contributed by atoms with van der Waals surface area (Å²) < 4.78 is 7.52. The number of benzene rings is 1. The first-order valence-electron chi connectivity index (χ1n) is 6.74. The maximum Gasteiger partial charge on any atom is 0.246 e. The lowest BCUT2D eigenvalue weighted by Gasteiger charge is -2.24. The van der Waals surface area contributed by atoms with Crippen LogP contribution in [-0.4, -0.2) is 32.9 Å². The highest BCUT2D eigenvalue weighted by Crippen LogP contribution is 2.38. The van der Waals surface area contributed by atoms with Crippen LogP contribution < -0.4 is 10.1 Å². The maximum absolute atomic E-state index is 11.4. The molecule has 1 saturated heterocycles. The Morgan fingerprint density at radius 2 is 2.27 bits per heavy atom. The van der Waals surface area contributed by atoms with E-state index in [4.69, 9.17) is 16.3 Å². The van der Waals surface area contributed by atoms with Gasteiger partial charge in [0.15, 0.2) is 6.73 Å². The SMILES string of the molecule is O=C1CN2Cc3c(ccc(OCn4ccnc4)c3Cl)N=C2N1. The van der Waals surface area contributed by atoms with Crippen LogP contribution in [0, 0.1) is 0 Å². The average molecular weight is 318 g/mol. The van der Waals surface area contributed by atoms with E-state index in [2.05, 4.69) is 15.3 Å². The van der Waals surface area contributed by atoms with Crippen LogP contribution in [0.3, 0.4) is 0 Å². The summed E-state index contributed by atoms with van der Waals surface area (Å²) in [7, 11) is 0. The minimum Gasteiger partial charge on any atom is -0.471 e. The number of ether oxygens (including phenoxy) is 1. The van der Waals surface area contributed by atoms with Crippen LogP contribution >= 0.6 is 11.6 Å². The minimum atomic E-state index is -0.0562. The Bertz CT molecular complexity index is 772. The molecule has 22 heavy (non-hydrogen) atoms. The first-order chi connectivity index (χ1) is 10.7. The third kappa shape index (κ3) is 2.19. The van der Waals surface area contributed by atoms with Gasteiger partial charge in [0.25, 0.3) is 0 Å². The second-order valence-corrected chi connectivity index (χ2v) is 5.44. The zero-order valence-electron chi connectivity index (χ0n) is 11.5. The smallest absolute Gasteiger partial charge is 0.246 e. The highest BCUT2D eigenvalue weighted by molar-refractivity contribution is 6.33. The molecule has 0 saturated carbocycles. The van der Waals surface area contributed by atoms with Gasteiger partial charge >= 0.3 is 0 Å². The Balaban J connectivity index is 1.60. The topological polar surface area (TPSA) is 71.8 Å². The van der Waals surface area contributed by atoms with Crippen molar-refractivity contribution in [2.24, 2.45) is 4.99 Å². The van der Waals surface area contributed by atoms with Crippen molar-refractivity contribution in [3.05, 3.63) is 41.4 Å². The van der Waals surface area contributed by atoms with Gasteiger partial charge in [-0.25, -0.2) is 9.98 Å². The Morgan fingerprint density at radius 1 is 1.36 bits per heavy atom. The fourth-order valence-corrected chi connectivity index (χ4v) is 2.76. The second-order valence-electron chi connectivity index (χ2n) is 5.07. The van der Waals surface area contributed by atoms with Gasteiger partial charge in [-0.1, -0.05) is 11.6 Å². The molecule has 3 heterocycles. The van der Waals surface area contributed by atoms with Crippen molar-refractivity contribution in [1.82, 2.24) is 19.8 Å². The number of halogens is 1. The van der Waals surface area contributed by atoms with Gasteiger partial charge in [0.2, 0.25) is 11.9 Å². The molecular weight excluding hydrogens is 306 g/mol. The van der Waals surface area contributed by atoms with E-state index in [0.29, 0.717) is 36.6 Å². The molecule has 2 aromatic rings. The van der Waals surface area contributed by atoms with Crippen LogP contribution in [0.15, 0.2) is 35.8 Å². The molecule has 1 N–H and O–H groups in total. The summed E-state index contributed by atoms with van der Waals surface area (Å²) in [6.07, 6.45) is 5.17. The predicted octanol–water partition coefficient (Wildman–Crippen LogP) is 1.51. The Kier molecular flexibility index (Phi) is 3.00. The van der Waals surface area contributed by atoms with Gasteiger partial charge in [0.1, 0.15) is 12.3 Å². The van der Waals surface area contributed by atoms with Gasteiger partial charge < -0.3 is 14.2 Å². The van der Waals surface area contributed by atoms with Crippen LogP contribution in [0.1, 0.15) is 5.56 Å². The molecule has 7 nitrogen and oxygen atoms in total. The molecule has 1 aromatic heterocycles. The summed E-state index contributed by atoms with van der Waals surface area (Å²) >= 11 is 6.44. The van der Waals surface area contributed by atoms with Crippen molar-refractivity contribution in [1.29, 1.82) is 0 Å². The zero-order chi connectivity index (χ0) is 15.1. The van der Waals surface area contributed by atoms with Gasteiger partial charge in [-0.3, -0.25) is 10.1 Å². The molecule has 2 aliphatic heterocycles. The molecule has 4 rings (SSSR count). The average Bonchev–Trinajstić information content (AvgIpc) is 3.13. The number of fused-ring (bicyclic) bond motifs is 2. The number of nitrogens with zero attached hydrogens (tertiary/aromatic N) is 4. The molecule has 1 amide bonds. The molecular formula is C14H12ClN5O2. The quantitative estimate of drug-likeness (QED) is 0.931. The normalized spacial score (nSPS) is 16.0. The van der Waals surface area contributed by atoms with E-state index in [9.17, 15) is 4.79 Å². The molecule has 112 valence electrons. The van der Waals surface area contributed by atoms with E-state index in [1.54, 1.807) is 23.2 Å². The molecule has 2 aliphatic rings. The Hall–Kier alpha value is -2.54. The molecule has 0 spiro atoms. The zero-order valence-corrected chi connectivity index (χ0v) is 12.2. The Labute approximate surface area is 131 Å². The maximum atomic E-state index is 11.4. The molecule has 0 bridgehead atoms. The number of guanidine groups is 1. The van der Waals surface area contributed by atoms with Gasteiger partial charge in [0, 0.05) is 18.0 Å². The van der Waals surface area contributed by atoms with Crippen molar-refractivity contribution in [3.8, 4) is 5.75 Å². The lowest BCUT2D eigenvalue weighted by atomic mass is 10.1. The number of hydrogen-bond donors (Lipinski definition) is 1. The third-order valence-electron chi connectivity index (χ3n) is 3.57. The highest BCUT2D eigenvalue weighted by atomic mass is 35.5. The molecule has 8 heteroatoms. The van der Waals surface area contributed by atoms with Crippen LogP contribution in [0.2, 0.25) is 5.02 Å². The van der Waals surface area contributed by atoms with E-state index >= 15 is 0 Å². The molecule has 0 aliphatic carbocycles. The lowest BCUT2D eigenvalue weighted by molar-refractivity contribution is -0.118. The number of carbonyl (C=O) groups is 1. The van der Waals surface area contributed by atoms with Crippen molar-refractivity contribution in [3.63, 3.8) is 0 Å². The molecule has 1 fully saturated rings. The molecule has 0 unspecified atom stereocenters. The summed E-state index contributed by atoms with van der Waals surface area (Å²) in [5.41, 5.74) is 1.62. The summed E-state index contributed by atoms with van der Waals surface area (Å²) in [5, 5.41) is 3.25. The number of amides is 1. The fraction of sp³-hybridized carbons (Fsp3) is 0.214. The standard InChI is InChI=1S/C14H12ClN5O2/c15-13-9-5-20-6-12(21)18-14(20)17-10(9)1-2-11(13)22-8-19-4-3-16-7-19/h1-4,7H,5-6,8H2,(H,17,18,21). The summed E-state index contributed by atoms with van der Waals surface area (Å²) in [6, 6.07) is 3.63. The number of hydrogen-bond acceptors (Lipinski definition) is 5. The van der Waals surface area contributed by atoms with Gasteiger partial charge in [-0.2, -0.15) is 0 Å². The fourth-order valence-electron chi connectivity index (χ4n) is 2.49. The van der Waals surface area contributed by atoms with E-state index in [1.165, 1.54) is 0 Å². The van der Waals surface area contributed by atoms with Gasteiger partial charge in [0.05, 0.1) is 23.6 Å². The number of rotatable bonds is 3. The van der Waals surface area contributed by atoms with Gasteiger partial charge in [-0.15, -0.1) is 0 Å². The Morgan fingerprint density at radius 3 is 3.09 bits per heavy atom. The monoisotopic (exact) mass is 317 g/mol. The largest absolute Gasteiger partial charge is 0.471 e. The summed E-state index contributed by atoms with van der Waals surface area (Å²) in [4.78, 5) is 21.7. The molecule has 0 atom stereocenters. The summed E-state index contributed by atoms with van der Waals surface area (Å²) in [5.74, 6) is 1.12. The van der Waals surface area contributed by atoms with Gasteiger partial charge in [-0.05, 0) is 12.1 Å². The van der Waals surface area contributed by atoms with Crippen molar-refractivity contribution < 1.29 is 9.53 Å². The highest BCUT2D eigenvalue weighted by Gasteiger charge is 2.30. The van der Waals surface area contributed by atoms with Crippen molar-refractivity contribution in [2.75, 3.05) is 6.54 Å². The van der Waals surface area contributed by atoms with Crippen molar-refractivity contribution >= 4 is 29.2 Å². The van der Waals surface area contributed by atoms with E-state index < -0.39 is 0 Å². The molecule has 0 radical (unpaired) electrons. The molecule has 1 aromatic carbocycles. The third-order valence-corrected chi connectivity index (χ3v) is 3.99. The number of aromatic nitrogens is 2. The van der Waals surface area contributed by atoms with Crippen LogP contribution in [0.4, 0.5) is 5.69 Å². The van der Waals surface area contributed by atoms with Crippen LogP contribution in [0.5, 0.6) is 5.75 Å². The second kappa shape index (κ2) is 5.03. The first kappa shape index (κ1) is 13.1.